The van der Waals surface area contributed by atoms with Gasteiger partial charge in [-0.15, -0.1) is 0 Å². The fourth-order valence-electron chi connectivity index (χ4n) is 1.34. The Kier molecular flexibility index (Phi) is 4.23. The van der Waals surface area contributed by atoms with Gasteiger partial charge >= 0.3 is 0 Å². The molecule has 0 fully saturated rings. The van der Waals surface area contributed by atoms with Gasteiger partial charge in [-0.25, -0.2) is 0 Å². The van der Waals surface area contributed by atoms with Crippen molar-refractivity contribution in [2.75, 3.05) is 5.75 Å². The van der Waals surface area contributed by atoms with Crippen molar-refractivity contribution in [1.29, 1.82) is 0 Å². The lowest BCUT2D eigenvalue weighted by molar-refractivity contribution is 0.749. The number of rotatable bonds is 4. The smallest absolute Gasteiger partial charge is 0.0129 e. The second kappa shape index (κ2) is 5.23. The van der Waals surface area contributed by atoms with Crippen LogP contribution in [0.2, 0.25) is 0 Å². The van der Waals surface area contributed by atoms with Crippen LogP contribution in [0.3, 0.4) is 0 Å². The summed E-state index contributed by atoms with van der Waals surface area (Å²) in [5, 5.41) is 0. The van der Waals surface area contributed by atoms with Crippen LogP contribution in [0.15, 0.2) is 30.3 Å². The maximum absolute atomic E-state index is 4.20. The molecule has 0 aliphatic rings. The first-order chi connectivity index (χ1) is 6.18. The third-order valence-corrected chi connectivity index (χ3v) is 3.66. The molecule has 1 atom stereocenters. The minimum Gasteiger partial charge on any atom is -0.188 e. The van der Waals surface area contributed by atoms with Crippen LogP contribution >= 0.6 is 10.5 Å². The van der Waals surface area contributed by atoms with Crippen LogP contribution in [0.5, 0.6) is 0 Å². The first kappa shape index (κ1) is 10.5. The monoisotopic (exact) mass is 194 g/mol. The van der Waals surface area contributed by atoms with E-state index in [1.165, 1.54) is 11.3 Å². The summed E-state index contributed by atoms with van der Waals surface area (Å²) in [6.07, 6.45) is 0. The van der Waals surface area contributed by atoms with Crippen molar-refractivity contribution < 1.29 is 0 Å². The van der Waals surface area contributed by atoms with Gasteiger partial charge in [-0.2, -0.15) is 10.5 Å². The molecule has 0 aromatic heterocycles. The highest BCUT2D eigenvalue weighted by molar-refractivity contribution is 8.13. The Balaban J connectivity index is 2.46. The molecule has 13 heavy (non-hydrogen) atoms. The third-order valence-electron chi connectivity index (χ3n) is 1.78. The molecule has 72 valence electrons. The van der Waals surface area contributed by atoms with Gasteiger partial charge in [0, 0.05) is 5.75 Å². The van der Waals surface area contributed by atoms with Crippen LogP contribution in [-0.2, 0) is 5.75 Å². The molecule has 0 aliphatic carbocycles. The van der Waals surface area contributed by atoms with Crippen molar-refractivity contribution in [2.24, 2.45) is 5.92 Å². The molecule has 1 aromatic carbocycles. The Hall–Kier alpha value is -0.560. The Morgan fingerprint density at radius 1 is 1.23 bits per heavy atom. The Bertz CT molecular complexity index is 262. The maximum Gasteiger partial charge on any atom is 0.0129 e. The molecule has 0 aliphatic heterocycles. The lowest BCUT2D eigenvalue weighted by Crippen LogP contribution is -1.94. The lowest BCUT2D eigenvalue weighted by Gasteiger charge is -2.09. The highest BCUT2D eigenvalue weighted by Crippen LogP contribution is 2.20. The van der Waals surface area contributed by atoms with Gasteiger partial charge in [0.05, 0.1) is 0 Å². The van der Waals surface area contributed by atoms with Crippen LogP contribution in [0.25, 0.3) is 0 Å². The summed E-state index contributed by atoms with van der Waals surface area (Å²) in [6.45, 7) is 4.52. The molecular weight excluding hydrogens is 176 g/mol. The summed E-state index contributed by atoms with van der Waals surface area (Å²) < 4.78 is 0. The molecule has 0 bridgehead atoms. The van der Waals surface area contributed by atoms with Gasteiger partial charge < -0.3 is 0 Å². The van der Waals surface area contributed by atoms with E-state index in [0.29, 0.717) is 10.5 Å². The normalized spacial score (nSPS) is 13.2. The zero-order valence-corrected chi connectivity index (χ0v) is 9.31. The van der Waals surface area contributed by atoms with Crippen molar-refractivity contribution in [1.82, 2.24) is 0 Å². The van der Waals surface area contributed by atoms with Gasteiger partial charge in [0.15, 0.2) is 0 Å². The van der Waals surface area contributed by atoms with Crippen LogP contribution in [0, 0.1) is 5.92 Å². The van der Waals surface area contributed by atoms with Gasteiger partial charge in [0.1, 0.15) is 0 Å². The Labute approximate surface area is 83.9 Å². The zero-order chi connectivity index (χ0) is 9.68. The summed E-state index contributed by atoms with van der Waals surface area (Å²) in [5.74, 6) is 7.35. The molecule has 1 unspecified atom stereocenters. The summed E-state index contributed by atoms with van der Waals surface area (Å²) >= 11 is 0. The van der Waals surface area contributed by atoms with Crippen LogP contribution in [0.4, 0.5) is 0 Å². The van der Waals surface area contributed by atoms with E-state index in [0.717, 1.165) is 11.7 Å². The highest BCUT2D eigenvalue weighted by atomic mass is 32.2. The molecule has 0 saturated carbocycles. The average Bonchev–Trinajstić information content (AvgIpc) is 2.04. The SMILES string of the molecule is C=S(Cc1ccccc1)CC(C)C. The average molecular weight is 194 g/mol. The van der Waals surface area contributed by atoms with Crippen LogP contribution in [0.1, 0.15) is 19.4 Å². The topological polar surface area (TPSA) is 0 Å². The second-order valence-corrected chi connectivity index (χ2v) is 5.65. The van der Waals surface area contributed by atoms with Gasteiger partial charge in [0.25, 0.3) is 0 Å². The first-order valence-electron chi connectivity index (χ1n) is 4.69. The van der Waals surface area contributed by atoms with E-state index < -0.39 is 0 Å². The molecule has 0 N–H and O–H groups in total. The second-order valence-electron chi connectivity index (χ2n) is 3.80. The molecule has 0 spiro atoms. The Morgan fingerprint density at radius 2 is 1.85 bits per heavy atom. The molecule has 1 rings (SSSR count). The predicted octanol–water partition coefficient (Wildman–Crippen LogP) is 3.54. The minimum atomic E-state index is 0.299. The van der Waals surface area contributed by atoms with Crippen molar-refractivity contribution in [3.05, 3.63) is 35.9 Å². The molecule has 1 aromatic rings. The van der Waals surface area contributed by atoms with Gasteiger partial charge in [0.2, 0.25) is 0 Å². The molecule has 1 heteroatoms. The van der Waals surface area contributed by atoms with Crippen molar-refractivity contribution in [2.45, 2.75) is 19.6 Å². The van der Waals surface area contributed by atoms with Crippen molar-refractivity contribution in [3.8, 4) is 0 Å². The number of hydrogen-bond acceptors (Lipinski definition) is 0. The van der Waals surface area contributed by atoms with Crippen molar-refractivity contribution >= 4 is 16.4 Å². The van der Waals surface area contributed by atoms with Gasteiger partial charge in [-0.1, -0.05) is 50.0 Å². The van der Waals surface area contributed by atoms with Crippen molar-refractivity contribution in [3.63, 3.8) is 0 Å². The Morgan fingerprint density at radius 3 is 2.38 bits per heavy atom. The molecule has 0 nitrogen and oxygen atoms in total. The maximum atomic E-state index is 4.20. The summed E-state index contributed by atoms with van der Waals surface area (Å²) in [7, 11) is 0.299. The van der Waals surface area contributed by atoms with Gasteiger partial charge in [-0.05, 0) is 17.2 Å². The molecular formula is C12H18S. The largest absolute Gasteiger partial charge is 0.188 e. The van der Waals surface area contributed by atoms with E-state index in [1.807, 2.05) is 0 Å². The fourth-order valence-corrected chi connectivity index (χ4v) is 3.06. The van der Waals surface area contributed by atoms with Gasteiger partial charge in [-0.3, -0.25) is 0 Å². The molecule has 0 saturated heterocycles. The standard InChI is InChI=1S/C12H18S/c1-11(2)9-13(3)10-12-7-5-4-6-8-12/h4-8,11H,3,9-10H2,1-2H3. The zero-order valence-electron chi connectivity index (χ0n) is 8.49. The molecule has 0 amide bonds. The van der Waals surface area contributed by atoms with E-state index in [1.54, 1.807) is 0 Å². The first-order valence-corrected chi connectivity index (χ1v) is 6.43. The summed E-state index contributed by atoms with van der Waals surface area (Å²) in [5.41, 5.74) is 1.42. The number of hydrogen-bond donors (Lipinski definition) is 0. The van der Waals surface area contributed by atoms with E-state index >= 15 is 0 Å². The third kappa shape index (κ3) is 4.28. The van der Waals surface area contributed by atoms with E-state index in [4.69, 9.17) is 0 Å². The predicted molar refractivity (Wildman–Crippen MR) is 64.6 cm³/mol. The highest BCUT2D eigenvalue weighted by Gasteiger charge is 1.98. The molecule has 0 heterocycles. The molecule has 0 radical (unpaired) electrons. The van der Waals surface area contributed by atoms with Crippen LogP contribution in [-0.4, -0.2) is 11.6 Å². The lowest BCUT2D eigenvalue weighted by atomic mass is 10.2. The minimum absolute atomic E-state index is 0.299. The summed E-state index contributed by atoms with van der Waals surface area (Å²) in [4.78, 5) is 0. The van der Waals surface area contributed by atoms with E-state index in [2.05, 4.69) is 50.0 Å². The van der Waals surface area contributed by atoms with Crippen LogP contribution < -0.4 is 0 Å². The quantitative estimate of drug-likeness (QED) is 0.643. The summed E-state index contributed by atoms with van der Waals surface area (Å²) in [6, 6.07) is 10.6. The number of benzene rings is 1. The van der Waals surface area contributed by atoms with E-state index in [-0.39, 0.29) is 0 Å². The fraction of sp³-hybridized carbons (Fsp3) is 0.417. The van der Waals surface area contributed by atoms with E-state index in [9.17, 15) is 0 Å².